The van der Waals surface area contributed by atoms with E-state index in [1.54, 1.807) is 18.9 Å². The number of hydrogen-bond acceptors (Lipinski definition) is 6. The summed E-state index contributed by atoms with van der Waals surface area (Å²) in [5, 5.41) is 19.0. The normalized spacial score (nSPS) is 39.9. The van der Waals surface area contributed by atoms with E-state index in [-0.39, 0.29) is 18.1 Å². The Morgan fingerprint density at radius 1 is 1.25 bits per heavy atom. The molecular weight excluding hydrogens is 232 g/mol. The Bertz CT molecular complexity index is 200. The highest BCUT2D eigenvalue weighted by Gasteiger charge is 2.45. The predicted molar refractivity (Wildman–Crippen MR) is 61.5 cm³/mol. The molecule has 1 saturated heterocycles. The van der Waals surface area contributed by atoms with Crippen molar-refractivity contribution in [2.24, 2.45) is 0 Å². The molecule has 0 aromatic rings. The van der Waals surface area contributed by atoms with Crippen LogP contribution >= 0.6 is 11.8 Å². The van der Waals surface area contributed by atoms with Gasteiger partial charge >= 0.3 is 0 Å². The Morgan fingerprint density at radius 2 is 1.88 bits per heavy atom. The molecule has 0 radical (unpaired) electrons. The van der Waals surface area contributed by atoms with Crippen LogP contribution < -0.4 is 0 Å². The average molecular weight is 252 g/mol. The Kier molecular flexibility index (Phi) is 6.02. The largest absolute Gasteiger partial charge is 0.394 e. The van der Waals surface area contributed by atoms with Crippen LogP contribution in [0.4, 0.5) is 0 Å². The van der Waals surface area contributed by atoms with Crippen LogP contribution in [0.25, 0.3) is 0 Å². The molecule has 5 atom stereocenters. The lowest BCUT2D eigenvalue weighted by Gasteiger charge is -2.42. The number of methoxy groups -OCH3 is 2. The van der Waals surface area contributed by atoms with Crippen LogP contribution in [0.1, 0.15) is 6.92 Å². The van der Waals surface area contributed by atoms with Gasteiger partial charge in [0.15, 0.2) is 0 Å². The molecule has 0 saturated carbocycles. The van der Waals surface area contributed by atoms with Crippen molar-refractivity contribution in [3.05, 3.63) is 0 Å². The summed E-state index contributed by atoms with van der Waals surface area (Å²) in [5.74, 6) is 0.870. The van der Waals surface area contributed by atoms with Crippen molar-refractivity contribution in [1.29, 1.82) is 0 Å². The van der Waals surface area contributed by atoms with Gasteiger partial charge in [-0.25, -0.2) is 0 Å². The minimum atomic E-state index is -0.867. The third-order valence-electron chi connectivity index (χ3n) is 2.67. The van der Waals surface area contributed by atoms with E-state index in [0.717, 1.165) is 5.75 Å². The maximum atomic E-state index is 9.92. The molecule has 2 N–H and O–H groups in total. The first-order valence-electron chi connectivity index (χ1n) is 5.31. The minimum absolute atomic E-state index is 0.222. The van der Waals surface area contributed by atoms with E-state index in [2.05, 4.69) is 0 Å². The predicted octanol–water partition coefficient (Wildman–Crippen LogP) is -0.152. The fourth-order valence-corrected chi connectivity index (χ4v) is 2.86. The second-order valence-corrected chi connectivity index (χ2v) is 4.95. The van der Waals surface area contributed by atoms with Crippen molar-refractivity contribution in [3.8, 4) is 0 Å². The van der Waals surface area contributed by atoms with Crippen LogP contribution in [0.2, 0.25) is 0 Å². The quantitative estimate of drug-likeness (QED) is 0.709. The van der Waals surface area contributed by atoms with Crippen LogP contribution in [0, 0.1) is 0 Å². The van der Waals surface area contributed by atoms with Crippen LogP contribution in [0.15, 0.2) is 0 Å². The van der Waals surface area contributed by atoms with E-state index in [0.29, 0.717) is 0 Å². The summed E-state index contributed by atoms with van der Waals surface area (Å²) in [6.07, 6.45) is -2.28. The van der Waals surface area contributed by atoms with Crippen molar-refractivity contribution in [3.63, 3.8) is 0 Å². The van der Waals surface area contributed by atoms with Gasteiger partial charge in [0, 0.05) is 14.2 Å². The monoisotopic (exact) mass is 252 g/mol. The molecule has 1 rings (SSSR count). The second kappa shape index (κ2) is 6.78. The number of aliphatic hydroxyl groups excluding tert-OH is 2. The molecule has 0 bridgehead atoms. The van der Waals surface area contributed by atoms with Crippen molar-refractivity contribution in [2.45, 2.75) is 36.8 Å². The summed E-state index contributed by atoms with van der Waals surface area (Å²) < 4.78 is 16.1. The van der Waals surface area contributed by atoms with Gasteiger partial charge in [-0.05, 0) is 5.75 Å². The Hall–Kier alpha value is 0.150. The summed E-state index contributed by atoms with van der Waals surface area (Å²) in [5.41, 5.74) is -0.222. The molecule has 0 aromatic heterocycles. The van der Waals surface area contributed by atoms with Crippen LogP contribution in [0.5, 0.6) is 0 Å². The Morgan fingerprint density at radius 3 is 2.31 bits per heavy atom. The summed E-state index contributed by atoms with van der Waals surface area (Å²) in [4.78, 5) is 0. The molecule has 96 valence electrons. The first-order valence-corrected chi connectivity index (χ1v) is 6.36. The summed E-state index contributed by atoms with van der Waals surface area (Å²) in [7, 11) is 3.09. The highest BCUT2D eigenvalue weighted by atomic mass is 32.2. The molecular formula is C10H20O5S. The topological polar surface area (TPSA) is 68.2 Å². The zero-order valence-electron chi connectivity index (χ0n) is 9.83. The van der Waals surface area contributed by atoms with E-state index >= 15 is 0 Å². The second-order valence-electron chi connectivity index (χ2n) is 3.57. The van der Waals surface area contributed by atoms with Crippen molar-refractivity contribution in [2.75, 3.05) is 26.6 Å². The highest BCUT2D eigenvalue weighted by Crippen LogP contribution is 2.31. The zero-order chi connectivity index (χ0) is 12.1. The summed E-state index contributed by atoms with van der Waals surface area (Å²) >= 11 is 1.58. The fraction of sp³-hybridized carbons (Fsp3) is 1.00. The highest BCUT2D eigenvalue weighted by molar-refractivity contribution is 7.99. The molecule has 1 aliphatic heterocycles. The number of rotatable bonds is 5. The van der Waals surface area contributed by atoms with Gasteiger partial charge < -0.3 is 24.4 Å². The first-order chi connectivity index (χ1) is 7.69. The lowest BCUT2D eigenvalue weighted by molar-refractivity contribution is -0.220. The van der Waals surface area contributed by atoms with Gasteiger partial charge in [-0.15, -0.1) is 11.8 Å². The number of ether oxygens (including phenoxy) is 3. The van der Waals surface area contributed by atoms with Crippen LogP contribution in [-0.2, 0) is 14.2 Å². The molecule has 1 heterocycles. The Labute approximate surface area is 100 Å². The van der Waals surface area contributed by atoms with E-state index in [4.69, 9.17) is 19.3 Å². The lowest BCUT2D eigenvalue weighted by Crippen LogP contribution is -2.58. The molecule has 0 unspecified atom stereocenters. The fourth-order valence-electron chi connectivity index (χ4n) is 1.86. The minimum Gasteiger partial charge on any atom is -0.394 e. The summed E-state index contributed by atoms with van der Waals surface area (Å²) in [6, 6.07) is 0. The SMILES string of the molecule is CCS[C@@H]1O[C@H](CO)[C@@H](O)[C@H](OC)[C@H]1OC. The Balaban J connectivity index is 2.77. The molecule has 0 aromatic carbocycles. The average Bonchev–Trinajstić information content (AvgIpc) is 2.30. The molecule has 1 aliphatic rings. The van der Waals surface area contributed by atoms with E-state index < -0.39 is 18.3 Å². The molecule has 0 aliphatic carbocycles. The van der Waals surface area contributed by atoms with Crippen LogP contribution in [0.3, 0.4) is 0 Å². The van der Waals surface area contributed by atoms with Crippen molar-refractivity contribution < 1.29 is 24.4 Å². The molecule has 0 amide bonds. The van der Waals surface area contributed by atoms with Gasteiger partial charge in [0.05, 0.1) is 6.61 Å². The van der Waals surface area contributed by atoms with Gasteiger partial charge in [0.25, 0.3) is 0 Å². The number of aliphatic hydroxyl groups is 2. The van der Waals surface area contributed by atoms with Gasteiger partial charge in [-0.3, -0.25) is 0 Å². The molecule has 1 fully saturated rings. The van der Waals surface area contributed by atoms with Gasteiger partial charge in [0.1, 0.15) is 29.9 Å². The summed E-state index contributed by atoms with van der Waals surface area (Å²) in [6.45, 7) is 1.79. The third-order valence-corrected chi connectivity index (χ3v) is 3.71. The first kappa shape index (κ1) is 14.2. The molecule has 0 spiro atoms. The van der Waals surface area contributed by atoms with E-state index in [1.165, 1.54) is 7.11 Å². The van der Waals surface area contributed by atoms with Crippen molar-refractivity contribution in [1.82, 2.24) is 0 Å². The number of hydrogen-bond donors (Lipinski definition) is 2. The third kappa shape index (κ3) is 2.88. The maximum Gasteiger partial charge on any atom is 0.132 e. The molecule has 5 nitrogen and oxygen atoms in total. The zero-order valence-corrected chi connectivity index (χ0v) is 10.6. The smallest absolute Gasteiger partial charge is 0.132 e. The van der Waals surface area contributed by atoms with Crippen LogP contribution in [-0.4, -0.2) is 66.6 Å². The standard InChI is InChI=1S/C10H20O5S/c1-4-16-10-9(14-3)8(13-2)7(12)6(5-11)15-10/h6-12H,4-5H2,1-3H3/t6-,7-,8+,9-,10+/m1/s1. The molecule has 16 heavy (non-hydrogen) atoms. The van der Waals surface area contributed by atoms with E-state index in [9.17, 15) is 5.11 Å². The lowest BCUT2D eigenvalue weighted by atomic mass is 10.00. The van der Waals surface area contributed by atoms with Gasteiger partial charge in [-0.1, -0.05) is 6.92 Å². The maximum absolute atomic E-state index is 9.92. The van der Waals surface area contributed by atoms with Gasteiger partial charge in [0.2, 0.25) is 0 Å². The van der Waals surface area contributed by atoms with E-state index in [1.807, 2.05) is 6.92 Å². The number of thioether (sulfide) groups is 1. The molecule has 6 heteroatoms. The van der Waals surface area contributed by atoms with Gasteiger partial charge in [-0.2, -0.15) is 0 Å². The van der Waals surface area contributed by atoms with Crippen molar-refractivity contribution >= 4 is 11.8 Å².